The van der Waals surface area contributed by atoms with Crippen molar-refractivity contribution in [1.82, 2.24) is 4.98 Å². The first kappa shape index (κ1) is 21.7. The third-order valence-corrected chi connectivity index (χ3v) is 6.00. The number of ether oxygens (including phenoxy) is 1. The monoisotopic (exact) mass is 454 g/mol. The molecule has 1 fully saturated rings. The Hall–Kier alpha value is -3.53. The zero-order valence-electron chi connectivity index (χ0n) is 17.7. The Bertz CT molecular complexity index is 1200. The first-order valence-corrected chi connectivity index (χ1v) is 11.1. The zero-order chi connectivity index (χ0) is 22.8. The number of hydrogen-bond donors (Lipinski definition) is 1. The van der Waals surface area contributed by atoms with Crippen molar-refractivity contribution in [3.8, 4) is 0 Å². The topological polar surface area (TPSA) is 115 Å². The number of esters is 1. The molecule has 0 unspecified atom stereocenters. The minimum absolute atomic E-state index is 0.0860. The van der Waals surface area contributed by atoms with E-state index in [1.807, 2.05) is 4.90 Å². The summed E-state index contributed by atoms with van der Waals surface area (Å²) in [5, 5.41) is 14.6. The molecule has 1 amide bonds. The van der Waals surface area contributed by atoms with Gasteiger partial charge in [0, 0.05) is 24.7 Å². The standard InChI is InChI=1S/C22H22N4O5S/c1-13(2)31-21(28)15-5-7-16-19(12-15)32-22(23-16)24-20(27)14-6-8-17(18(11-14)26(29)30)25-9-3-4-10-25/h5-8,11-13H,3-4,9-10H2,1-2H3,(H,23,24,27). The molecule has 1 saturated heterocycles. The molecule has 2 heterocycles. The number of nitro groups is 1. The summed E-state index contributed by atoms with van der Waals surface area (Å²) >= 11 is 1.21. The van der Waals surface area contributed by atoms with Gasteiger partial charge in [-0.2, -0.15) is 0 Å². The van der Waals surface area contributed by atoms with Crippen LogP contribution in [0.2, 0.25) is 0 Å². The molecule has 0 bridgehead atoms. The molecule has 4 rings (SSSR count). The molecular weight excluding hydrogens is 432 g/mol. The Morgan fingerprint density at radius 1 is 1.16 bits per heavy atom. The highest BCUT2D eigenvalue weighted by Gasteiger charge is 2.24. The third kappa shape index (κ3) is 4.54. The van der Waals surface area contributed by atoms with Gasteiger partial charge in [0.1, 0.15) is 5.69 Å². The fourth-order valence-corrected chi connectivity index (χ4v) is 4.49. The van der Waals surface area contributed by atoms with Crippen molar-refractivity contribution in [1.29, 1.82) is 0 Å². The van der Waals surface area contributed by atoms with Gasteiger partial charge in [-0.05, 0) is 57.0 Å². The number of fused-ring (bicyclic) bond motifs is 1. The summed E-state index contributed by atoms with van der Waals surface area (Å²) in [6.07, 6.45) is 1.76. The lowest BCUT2D eigenvalue weighted by molar-refractivity contribution is -0.384. The van der Waals surface area contributed by atoms with Crippen LogP contribution in [0.5, 0.6) is 0 Å². The Balaban J connectivity index is 1.55. The Kier molecular flexibility index (Phi) is 6.04. The van der Waals surface area contributed by atoms with Gasteiger partial charge < -0.3 is 9.64 Å². The van der Waals surface area contributed by atoms with E-state index in [1.54, 1.807) is 44.2 Å². The van der Waals surface area contributed by atoms with Crippen LogP contribution in [0.4, 0.5) is 16.5 Å². The van der Waals surface area contributed by atoms with Gasteiger partial charge in [0.2, 0.25) is 0 Å². The van der Waals surface area contributed by atoms with E-state index >= 15 is 0 Å². The lowest BCUT2D eigenvalue weighted by atomic mass is 10.1. The van der Waals surface area contributed by atoms with Gasteiger partial charge in [-0.3, -0.25) is 20.2 Å². The van der Waals surface area contributed by atoms with E-state index in [2.05, 4.69) is 10.3 Å². The second-order valence-corrected chi connectivity index (χ2v) is 8.80. The highest BCUT2D eigenvalue weighted by Crippen LogP contribution is 2.32. The van der Waals surface area contributed by atoms with Crippen LogP contribution in [0.1, 0.15) is 47.4 Å². The lowest BCUT2D eigenvalue weighted by Crippen LogP contribution is -2.19. The molecule has 0 atom stereocenters. The molecule has 1 aromatic heterocycles. The second kappa shape index (κ2) is 8.91. The van der Waals surface area contributed by atoms with Crippen molar-refractivity contribution < 1.29 is 19.2 Å². The molecular formula is C22H22N4O5S. The number of nitro benzene ring substituents is 1. The van der Waals surface area contributed by atoms with Crippen LogP contribution in [-0.2, 0) is 4.74 Å². The zero-order valence-corrected chi connectivity index (χ0v) is 18.5. The Morgan fingerprint density at radius 2 is 1.88 bits per heavy atom. The molecule has 0 saturated carbocycles. The molecule has 10 heteroatoms. The minimum Gasteiger partial charge on any atom is -0.459 e. The van der Waals surface area contributed by atoms with E-state index in [1.165, 1.54) is 17.4 Å². The van der Waals surface area contributed by atoms with Crippen LogP contribution in [-0.4, -0.2) is 41.0 Å². The molecule has 1 aliphatic heterocycles. The maximum atomic E-state index is 12.7. The average Bonchev–Trinajstić information content (AvgIpc) is 3.41. The number of hydrogen-bond acceptors (Lipinski definition) is 8. The van der Waals surface area contributed by atoms with Gasteiger partial charge >= 0.3 is 5.97 Å². The highest BCUT2D eigenvalue weighted by molar-refractivity contribution is 7.22. The summed E-state index contributed by atoms with van der Waals surface area (Å²) in [5.41, 5.74) is 1.66. The van der Waals surface area contributed by atoms with Crippen LogP contribution in [0.25, 0.3) is 10.2 Å². The van der Waals surface area contributed by atoms with E-state index in [-0.39, 0.29) is 17.4 Å². The predicted octanol–water partition coefficient (Wildman–Crippen LogP) is 4.62. The summed E-state index contributed by atoms with van der Waals surface area (Å²) in [7, 11) is 0. The molecule has 1 aliphatic rings. The van der Waals surface area contributed by atoms with Crippen molar-refractivity contribution in [3.63, 3.8) is 0 Å². The average molecular weight is 455 g/mol. The summed E-state index contributed by atoms with van der Waals surface area (Å²) in [5.74, 6) is -0.911. The van der Waals surface area contributed by atoms with E-state index in [9.17, 15) is 19.7 Å². The number of anilines is 2. The molecule has 32 heavy (non-hydrogen) atoms. The number of carbonyl (C=O) groups excluding carboxylic acids is 2. The fourth-order valence-electron chi connectivity index (χ4n) is 3.59. The smallest absolute Gasteiger partial charge is 0.338 e. The number of amides is 1. The van der Waals surface area contributed by atoms with Crippen molar-refractivity contribution in [3.05, 3.63) is 57.6 Å². The normalized spacial score (nSPS) is 13.5. The summed E-state index contributed by atoms with van der Waals surface area (Å²) < 4.78 is 5.92. The van der Waals surface area contributed by atoms with Gasteiger partial charge in [-0.1, -0.05) is 11.3 Å². The largest absolute Gasteiger partial charge is 0.459 e. The van der Waals surface area contributed by atoms with Crippen molar-refractivity contribution in [2.75, 3.05) is 23.3 Å². The van der Waals surface area contributed by atoms with Crippen LogP contribution in [0.3, 0.4) is 0 Å². The van der Waals surface area contributed by atoms with Crippen LogP contribution < -0.4 is 10.2 Å². The SMILES string of the molecule is CC(C)OC(=O)c1ccc2nc(NC(=O)c3ccc(N4CCCC4)c([N+](=O)[O-])c3)sc2c1. The number of carbonyl (C=O) groups is 2. The summed E-state index contributed by atoms with van der Waals surface area (Å²) in [6, 6.07) is 9.50. The molecule has 0 spiro atoms. The van der Waals surface area contributed by atoms with Crippen molar-refractivity contribution in [2.45, 2.75) is 32.8 Å². The van der Waals surface area contributed by atoms with Gasteiger partial charge in [0.25, 0.3) is 11.6 Å². The molecule has 1 N–H and O–H groups in total. The maximum absolute atomic E-state index is 12.7. The molecule has 9 nitrogen and oxygen atoms in total. The second-order valence-electron chi connectivity index (χ2n) is 7.76. The van der Waals surface area contributed by atoms with Crippen molar-refractivity contribution in [2.24, 2.45) is 0 Å². The van der Waals surface area contributed by atoms with E-state index in [0.717, 1.165) is 25.9 Å². The number of rotatable bonds is 6. The predicted molar refractivity (Wildman–Crippen MR) is 123 cm³/mol. The van der Waals surface area contributed by atoms with Gasteiger partial charge in [0.05, 0.1) is 26.8 Å². The summed E-state index contributed by atoms with van der Waals surface area (Å²) in [4.78, 5) is 42.3. The van der Waals surface area contributed by atoms with Gasteiger partial charge in [-0.25, -0.2) is 9.78 Å². The van der Waals surface area contributed by atoms with Gasteiger partial charge in [0.15, 0.2) is 5.13 Å². The van der Waals surface area contributed by atoms with Gasteiger partial charge in [-0.15, -0.1) is 0 Å². The first-order valence-electron chi connectivity index (χ1n) is 10.3. The minimum atomic E-state index is -0.487. The number of nitrogens with one attached hydrogen (secondary N) is 1. The molecule has 0 radical (unpaired) electrons. The molecule has 2 aromatic carbocycles. The van der Waals surface area contributed by atoms with E-state index in [0.29, 0.717) is 26.6 Å². The highest BCUT2D eigenvalue weighted by atomic mass is 32.1. The summed E-state index contributed by atoms with van der Waals surface area (Å²) in [6.45, 7) is 5.09. The van der Waals surface area contributed by atoms with Crippen LogP contribution in [0.15, 0.2) is 36.4 Å². The quantitative estimate of drug-likeness (QED) is 0.328. The number of benzene rings is 2. The first-order chi connectivity index (χ1) is 15.3. The number of aromatic nitrogens is 1. The van der Waals surface area contributed by atoms with Crippen molar-refractivity contribution >= 4 is 49.9 Å². The number of thiazole rings is 1. The van der Waals surface area contributed by atoms with Crippen LogP contribution >= 0.6 is 11.3 Å². The molecule has 166 valence electrons. The van der Waals surface area contributed by atoms with E-state index < -0.39 is 16.8 Å². The number of nitrogens with zero attached hydrogens (tertiary/aromatic N) is 3. The van der Waals surface area contributed by atoms with Crippen LogP contribution in [0, 0.1) is 10.1 Å². The molecule has 3 aromatic rings. The third-order valence-electron chi connectivity index (χ3n) is 5.07. The lowest BCUT2D eigenvalue weighted by Gasteiger charge is -2.17. The fraction of sp³-hybridized carbons (Fsp3) is 0.318. The Morgan fingerprint density at radius 3 is 2.56 bits per heavy atom. The molecule has 0 aliphatic carbocycles. The maximum Gasteiger partial charge on any atom is 0.338 e. The van der Waals surface area contributed by atoms with E-state index in [4.69, 9.17) is 4.74 Å². The Labute approximate surface area is 188 Å².